The highest BCUT2D eigenvalue weighted by molar-refractivity contribution is 14.1. The summed E-state index contributed by atoms with van der Waals surface area (Å²) in [7, 11) is 0. The van der Waals surface area contributed by atoms with Crippen molar-refractivity contribution in [2.75, 3.05) is 5.32 Å². The van der Waals surface area contributed by atoms with Gasteiger partial charge in [0.2, 0.25) is 0 Å². The number of pyridine rings is 1. The van der Waals surface area contributed by atoms with Gasteiger partial charge in [-0.15, -0.1) is 0 Å². The summed E-state index contributed by atoms with van der Waals surface area (Å²) in [6.07, 6.45) is 3.92. The Morgan fingerprint density at radius 1 is 1.24 bits per heavy atom. The van der Waals surface area contributed by atoms with Crippen LogP contribution < -0.4 is 5.32 Å². The first-order valence-electron chi connectivity index (χ1n) is 8.91. The van der Waals surface area contributed by atoms with E-state index in [1.807, 2.05) is 11.6 Å². The molecule has 25 heavy (non-hydrogen) atoms. The Morgan fingerprint density at radius 3 is 2.92 bits per heavy atom. The van der Waals surface area contributed by atoms with Crippen molar-refractivity contribution in [2.24, 2.45) is 4.99 Å². The number of fused-ring (bicyclic) bond motifs is 2. The third-order valence-corrected chi connectivity index (χ3v) is 6.02. The van der Waals surface area contributed by atoms with E-state index in [1.54, 1.807) is 0 Å². The van der Waals surface area contributed by atoms with Crippen LogP contribution in [0, 0.1) is 0 Å². The van der Waals surface area contributed by atoms with Crippen molar-refractivity contribution in [1.82, 2.24) is 19.7 Å². The maximum atomic E-state index is 4.80. The lowest BCUT2D eigenvalue weighted by atomic mass is 10.1. The van der Waals surface area contributed by atoms with Crippen LogP contribution in [0.3, 0.4) is 0 Å². The van der Waals surface area contributed by atoms with Crippen molar-refractivity contribution in [1.29, 1.82) is 0 Å². The molecule has 0 radical (unpaired) electrons. The first-order valence-corrected chi connectivity index (χ1v) is 10.2. The Morgan fingerprint density at radius 2 is 2.08 bits per heavy atom. The minimum absolute atomic E-state index is 0.247. The maximum Gasteiger partial charge on any atom is 0.172 e. The summed E-state index contributed by atoms with van der Waals surface area (Å²) in [6, 6.07) is 4.85. The summed E-state index contributed by atoms with van der Waals surface area (Å²) >= 11 is 2.44. The van der Waals surface area contributed by atoms with Gasteiger partial charge < -0.3 is 5.32 Å². The number of aliphatic imine (C=N–C) groups is 1. The monoisotopic (exact) mass is 450 g/mol. The Bertz CT molecular complexity index is 827. The van der Waals surface area contributed by atoms with Gasteiger partial charge in [0.15, 0.2) is 11.6 Å². The molecule has 0 spiro atoms. The van der Waals surface area contributed by atoms with Crippen LogP contribution in [-0.2, 0) is 19.3 Å². The Hall–Kier alpha value is -1.51. The van der Waals surface area contributed by atoms with Gasteiger partial charge in [-0.1, -0.05) is 28.7 Å². The molecule has 0 saturated carbocycles. The molecule has 132 valence electrons. The van der Waals surface area contributed by atoms with E-state index < -0.39 is 0 Å². The molecule has 4 heterocycles. The summed E-state index contributed by atoms with van der Waals surface area (Å²) < 4.78 is 2.50. The van der Waals surface area contributed by atoms with E-state index in [-0.39, 0.29) is 12.1 Å². The van der Waals surface area contributed by atoms with Crippen LogP contribution in [0.5, 0.6) is 0 Å². The lowest BCUT2D eigenvalue weighted by molar-refractivity contribution is 0.409. The van der Waals surface area contributed by atoms with Crippen LogP contribution in [0.4, 0.5) is 5.82 Å². The molecule has 0 amide bonds. The van der Waals surface area contributed by atoms with E-state index in [4.69, 9.17) is 15.1 Å². The lowest BCUT2D eigenvalue weighted by Crippen LogP contribution is -2.28. The minimum Gasteiger partial charge on any atom is -0.358 e. The number of aryl methyl sites for hydroxylation is 3. The normalized spacial score (nSPS) is 25.0. The molecule has 1 N–H and O–H groups in total. The van der Waals surface area contributed by atoms with Gasteiger partial charge in [0, 0.05) is 12.1 Å². The topological polar surface area (TPSA) is 68.0 Å². The maximum absolute atomic E-state index is 4.80. The number of anilines is 1. The van der Waals surface area contributed by atoms with Gasteiger partial charge >= 0.3 is 0 Å². The predicted molar refractivity (Wildman–Crippen MR) is 108 cm³/mol. The van der Waals surface area contributed by atoms with Crippen molar-refractivity contribution >= 4 is 34.1 Å². The SMILES string of the molecule is CC1=NC(C)C(C)n2nc(CCc3ccc4c(n3)NC(I)CC4)nc21. The van der Waals surface area contributed by atoms with E-state index in [1.165, 1.54) is 5.56 Å². The smallest absolute Gasteiger partial charge is 0.172 e. The zero-order valence-electron chi connectivity index (χ0n) is 14.8. The molecule has 0 bridgehead atoms. The van der Waals surface area contributed by atoms with Crippen molar-refractivity contribution in [3.05, 3.63) is 35.0 Å². The van der Waals surface area contributed by atoms with Gasteiger partial charge in [-0.05, 0) is 51.7 Å². The number of hydrogen-bond acceptors (Lipinski definition) is 5. The standard InChI is InChI=1S/C18H23IN6/c1-10-12(3)25-18(11(2)20-10)23-16(24-25)9-7-14-6-4-13-5-8-15(19)22-17(13)21-14/h4,6,10,12,15H,5,7-9H2,1-3H3,(H,21,22). The third kappa shape index (κ3) is 3.30. The van der Waals surface area contributed by atoms with Crippen molar-refractivity contribution < 1.29 is 0 Å². The number of hydrogen-bond donors (Lipinski definition) is 1. The molecule has 0 saturated heterocycles. The van der Waals surface area contributed by atoms with E-state index in [2.05, 4.69) is 58.9 Å². The second-order valence-electron chi connectivity index (χ2n) is 6.95. The molecule has 2 aliphatic heterocycles. The molecule has 0 fully saturated rings. The van der Waals surface area contributed by atoms with Crippen LogP contribution in [0.1, 0.15) is 56.1 Å². The Balaban J connectivity index is 1.50. The molecular weight excluding hydrogens is 427 g/mol. The summed E-state index contributed by atoms with van der Waals surface area (Å²) in [5.41, 5.74) is 3.40. The van der Waals surface area contributed by atoms with Crippen LogP contribution >= 0.6 is 22.6 Å². The largest absolute Gasteiger partial charge is 0.358 e. The fourth-order valence-corrected chi connectivity index (χ4v) is 4.02. The Labute approximate surface area is 161 Å². The second kappa shape index (κ2) is 6.66. The van der Waals surface area contributed by atoms with Crippen LogP contribution in [0.15, 0.2) is 17.1 Å². The number of rotatable bonds is 3. The molecule has 3 atom stereocenters. The number of nitrogens with zero attached hydrogens (tertiary/aromatic N) is 5. The van der Waals surface area contributed by atoms with Crippen LogP contribution in [0.2, 0.25) is 0 Å². The average molecular weight is 450 g/mol. The number of nitrogens with one attached hydrogen (secondary N) is 1. The number of alkyl halides is 1. The summed E-state index contributed by atoms with van der Waals surface area (Å²) in [5, 5.41) is 8.21. The fourth-order valence-electron chi connectivity index (χ4n) is 3.42. The highest BCUT2D eigenvalue weighted by Gasteiger charge is 2.26. The number of halogens is 1. The molecule has 0 aliphatic carbocycles. The third-order valence-electron chi connectivity index (χ3n) is 5.08. The minimum atomic E-state index is 0.247. The van der Waals surface area contributed by atoms with Gasteiger partial charge in [-0.3, -0.25) is 4.99 Å². The van der Waals surface area contributed by atoms with E-state index in [9.17, 15) is 0 Å². The number of aromatic nitrogens is 4. The van der Waals surface area contributed by atoms with Crippen LogP contribution in [0.25, 0.3) is 0 Å². The summed E-state index contributed by atoms with van der Waals surface area (Å²) in [5.74, 6) is 2.84. The van der Waals surface area contributed by atoms with Crippen LogP contribution in [-0.4, -0.2) is 35.6 Å². The van der Waals surface area contributed by atoms with E-state index in [0.29, 0.717) is 4.05 Å². The molecule has 2 aromatic rings. The van der Waals surface area contributed by atoms with Crippen molar-refractivity contribution in [3.8, 4) is 0 Å². The molecular formula is C18H23IN6. The first-order chi connectivity index (χ1) is 12.0. The molecule has 6 nitrogen and oxygen atoms in total. The second-order valence-corrected chi connectivity index (χ2v) is 8.46. The van der Waals surface area contributed by atoms with Gasteiger partial charge in [-0.2, -0.15) is 5.10 Å². The molecule has 7 heteroatoms. The molecule has 0 aromatic carbocycles. The van der Waals surface area contributed by atoms with Gasteiger partial charge in [-0.25, -0.2) is 14.6 Å². The molecule has 4 rings (SSSR count). The summed E-state index contributed by atoms with van der Waals surface area (Å²) in [4.78, 5) is 14.2. The first kappa shape index (κ1) is 16.9. The van der Waals surface area contributed by atoms with E-state index >= 15 is 0 Å². The molecule has 3 unspecified atom stereocenters. The highest BCUT2D eigenvalue weighted by atomic mass is 127. The van der Waals surface area contributed by atoms with Gasteiger partial charge in [0.25, 0.3) is 0 Å². The van der Waals surface area contributed by atoms with Crippen molar-refractivity contribution in [3.63, 3.8) is 0 Å². The molecule has 2 aliphatic rings. The highest BCUT2D eigenvalue weighted by Crippen LogP contribution is 2.26. The average Bonchev–Trinajstić information content (AvgIpc) is 3.02. The molecule has 2 aromatic heterocycles. The predicted octanol–water partition coefficient (Wildman–Crippen LogP) is 3.35. The lowest BCUT2D eigenvalue weighted by Gasteiger charge is -2.23. The fraction of sp³-hybridized carbons (Fsp3) is 0.556. The Kier molecular flexibility index (Phi) is 4.51. The van der Waals surface area contributed by atoms with Gasteiger partial charge in [0.1, 0.15) is 5.82 Å². The van der Waals surface area contributed by atoms with Gasteiger partial charge in [0.05, 0.1) is 21.8 Å². The zero-order chi connectivity index (χ0) is 17.6. The van der Waals surface area contributed by atoms with E-state index in [0.717, 1.165) is 54.6 Å². The zero-order valence-corrected chi connectivity index (χ0v) is 17.0. The quantitative estimate of drug-likeness (QED) is 0.443. The van der Waals surface area contributed by atoms with Crippen molar-refractivity contribution in [2.45, 2.75) is 62.6 Å². The summed E-state index contributed by atoms with van der Waals surface area (Å²) in [6.45, 7) is 6.30.